The van der Waals surface area contributed by atoms with Crippen LogP contribution in [0, 0.1) is 0 Å². The second-order valence-electron chi connectivity index (χ2n) is 6.49. The summed E-state index contributed by atoms with van der Waals surface area (Å²) in [7, 11) is -4.70. The van der Waals surface area contributed by atoms with Crippen molar-refractivity contribution in [2.24, 2.45) is 0 Å². The monoisotopic (exact) mass is 356 g/mol. The van der Waals surface area contributed by atoms with Gasteiger partial charge in [-0.25, -0.2) is 4.57 Å². The molecule has 5 heteroatoms. The van der Waals surface area contributed by atoms with Crippen molar-refractivity contribution in [1.29, 1.82) is 0 Å². The molecule has 0 amide bonds. The molecule has 0 heterocycles. The normalized spacial score (nSPS) is 26.3. The third kappa shape index (κ3) is 3.26. The number of benzene rings is 2. The van der Waals surface area contributed by atoms with Crippen LogP contribution in [0.1, 0.15) is 25.0 Å². The summed E-state index contributed by atoms with van der Waals surface area (Å²) in [5.74, 6) is 0. The van der Waals surface area contributed by atoms with Crippen LogP contribution in [-0.4, -0.2) is 15.4 Å². The van der Waals surface area contributed by atoms with Gasteiger partial charge in [-0.1, -0.05) is 78.9 Å². The Morgan fingerprint density at radius 1 is 0.920 bits per heavy atom. The predicted octanol–water partition coefficient (Wildman–Crippen LogP) is 4.47. The lowest BCUT2D eigenvalue weighted by Gasteiger charge is -2.48. The Bertz CT molecular complexity index is 854. The first-order valence-electron chi connectivity index (χ1n) is 8.03. The Hall–Kier alpha value is -1.97. The molecule has 0 aliphatic heterocycles. The largest absolute Gasteiger partial charge is 0.470 e. The fourth-order valence-corrected chi connectivity index (χ4v) is 4.25. The van der Waals surface area contributed by atoms with E-state index in [1.807, 2.05) is 73.7 Å². The molecule has 0 bridgehead atoms. The molecule has 0 saturated carbocycles. The van der Waals surface area contributed by atoms with E-state index in [9.17, 15) is 14.4 Å². The Kier molecular flexibility index (Phi) is 4.56. The van der Waals surface area contributed by atoms with Gasteiger partial charge in [0.1, 0.15) is 5.60 Å². The maximum absolute atomic E-state index is 11.7. The first-order chi connectivity index (χ1) is 11.8. The van der Waals surface area contributed by atoms with Gasteiger partial charge in [0.2, 0.25) is 0 Å². The van der Waals surface area contributed by atoms with Gasteiger partial charge in [0.05, 0.1) is 5.41 Å². The smallest absolute Gasteiger partial charge is 0.303 e. The molecule has 1 aliphatic carbocycles. The number of phosphoric ester groups is 1. The molecule has 1 aliphatic rings. The van der Waals surface area contributed by atoms with Gasteiger partial charge in [0.15, 0.2) is 0 Å². The van der Waals surface area contributed by atoms with Crippen LogP contribution >= 0.6 is 7.82 Å². The van der Waals surface area contributed by atoms with Crippen molar-refractivity contribution in [3.05, 3.63) is 90.0 Å². The van der Waals surface area contributed by atoms with E-state index in [-0.39, 0.29) is 0 Å². The van der Waals surface area contributed by atoms with E-state index in [4.69, 9.17) is 4.52 Å². The fourth-order valence-electron chi connectivity index (χ4n) is 3.51. The molecule has 4 nitrogen and oxygen atoms in total. The Morgan fingerprint density at radius 3 is 2.04 bits per heavy atom. The maximum Gasteiger partial charge on any atom is 0.470 e. The summed E-state index contributed by atoms with van der Waals surface area (Å²) in [4.78, 5) is 19.0. The maximum atomic E-state index is 11.7. The van der Waals surface area contributed by atoms with Gasteiger partial charge in [0, 0.05) is 0 Å². The molecule has 25 heavy (non-hydrogen) atoms. The average molecular weight is 356 g/mol. The Labute approximate surface area is 147 Å². The lowest BCUT2D eigenvalue weighted by molar-refractivity contribution is 0.0461. The molecule has 2 atom stereocenters. The highest BCUT2D eigenvalue weighted by Gasteiger charge is 2.52. The van der Waals surface area contributed by atoms with Gasteiger partial charge in [-0.2, -0.15) is 0 Å². The van der Waals surface area contributed by atoms with Crippen LogP contribution in [0.2, 0.25) is 0 Å². The summed E-state index contributed by atoms with van der Waals surface area (Å²) in [5, 5.41) is 0. The predicted molar refractivity (Wildman–Crippen MR) is 98.9 cm³/mol. The molecule has 3 rings (SSSR count). The minimum absolute atomic E-state index is 0.786. The third-order valence-corrected chi connectivity index (χ3v) is 5.57. The van der Waals surface area contributed by atoms with E-state index in [2.05, 4.69) is 0 Å². The molecular weight excluding hydrogens is 335 g/mol. The van der Waals surface area contributed by atoms with E-state index in [1.165, 1.54) is 0 Å². The zero-order valence-electron chi connectivity index (χ0n) is 14.2. The van der Waals surface area contributed by atoms with Crippen LogP contribution in [0.4, 0.5) is 0 Å². The summed E-state index contributed by atoms with van der Waals surface area (Å²) in [5.41, 5.74) is 0.848. The number of hydrogen-bond donors (Lipinski definition) is 2. The molecule has 0 saturated heterocycles. The average Bonchev–Trinajstić information content (AvgIpc) is 2.57. The quantitative estimate of drug-likeness (QED) is 0.794. The van der Waals surface area contributed by atoms with Crippen molar-refractivity contribution in [3.8, 4) is 0 Å². The van der Waals surface area contributed by atoms with Gasteiger partial charge >= 0.3 is 7.82 Å². The van der Waals surface area contributed by atoms with Gasteiger partial charge in [-0.3, -0.25) is 4.52 Å². The van der Waals surface area contributed by atoms with Crippen molar-refractivity contribution in [1.82, 2.24) is 0 Å². The third-order valence-electron chi connectivity index (χ3n) is 4.95. The van der Waals surface area contributed by atoms with Crippen LogP contribution < -0.4 is 0 Å². The molecule has 0 fully saturated rings. The lowest BCUT2D eigenvalue weighted by atomic mass is 9.61. The van der Waals surface area contributed by atoms with Gasteiger partial charge in [-0.05, 0) is 30.5 Å². The molecule has 2 aromatic carbocycles. The highest BCUT2D eigenvalue weighted by atomic mass is 31.2. The molecule has 2 unspecified atom stereocenters. The minimum atomic E-state index is -4.70. The van der Waals surface area contributed by atoms with Gasteiger partial charge < -0.3 is 9.79 Å². The Morgan fingerprint density at radius 2 is 1.48 bits per heavy atom. The minimum Gasteiger partial charge on any atom is -0.303 e. The van der Waals surface area contributed by atoms with E-state index < -0.39 is 18.8 Å². The highest BCUT2D eigenvalue weighted by Crippen LogP contribution is 2.56. The summed E-state index contributed by atoms with van der Waals surface area (Å²) in [6, 6.07) is 19.5. The summed E-state index contributed by atoms with van der Waals surface area (Å²) < 4.78 is 17.0. The van der Waals surface area contributed by atoms with E-state index in [0.29, 0.717) is 0 Å². The SMILES string of the molecule is CC1(OP(=O)(O)O)C=CC=C(c2ccccc2)C1(C)c1ccccc1. The number of allylic oxidation sites excluding steroid dienone is 2. The van der Waals surface area contributed by atoms with Crippen molar-refractivity contribution in [2.75, 3.05) is 0 Å². The van der Waals surface area contributed by atoms with E-state index in [1.54, 1.807) is 19.1 Å². The van der Waals surface area contributed by atoms with Crippen molar-refractivity contribution < 1.29 is 18.9 Å². The van der Waals surface area contributed by atoms with Crippen molar-refractivity contribution >= 4 is 13.4 Å². The molecular formula is C20H21O4P. The number of phosphoric acid groups is 1. The van der Waals surface area contributed by atoms with Gasteiger partial charge in [0.25, 0.3) is 0 Å². The van der Waals surface area contributed by atoms with Crippen LogP contribution in [0.5, 0.6) is 0 Å². The zero-order valence-corrected chi connectivity index (χ0v) is 15.1. The zero-order chi connectivity index (χ0) is 18.1. The summed E-state index contributed by atoms with van der Waals surface area (Å²) in [6.45, 7) is 3.67. The van der Waals surface area contributed by atoms with Crippen LogP contribution in [0.15, 0.2) is 78.9 Å². The second-order valence-corrected chi connectivity index (χ2v) is 7.65. The molecule has 0 radical (unpaired) electrons. The highest BCUT2D eigenvalue weighted by molar-refractivity contribution is 7.46. The summed E-state index contributed by atoms with van der Waals surface area (Å²) in [6.07, 6.45) is 5.49. The first-order valence-corrected chi connectivity index (χ1v) is 9.56. The second kappa shape index (κ2) is 6.40. The number of rotatable bonds is 4. The van der Waals surface area contributed by atoms with Crippen LogP contribution in [0.3, 0.4) is 0 Å². The standard InChI is InChI=1S/C20H21O4P/c1-19(24-25(21,22)23)15-9-14-18(16-10-5-3-6-11-16)20(19,2)17-12-7-4-8-13-17/h3-15H,1-2H3,(H2,21,22,23). The molecule has 0 aromatic heterocycles. The lowest BCUT2D eigenvalue weighted by Crippen LogP contribution is -2.49. The van der Waals surface area contributed by atoms with E-state index in [0.717, 1.165) is 16.7 Å². The summed E-state index contributed by atoms with van der Waals surface area (Å²) >= 11 is 0. The molecule has 0 spiro atoms. The molecule has 130 valence electrons. The fraction of sp³-hybridized carbons (Fsp3) is 0.200. The first kappa shape index (κ1) is 17.8. The van der Waals surface area contributed by atoms with Crippen LogP contribution in [-0.2, 0) is 14.5 Å². The Balaban J connectivity index is 2.24. The van der Waals surface area contributed by atoms with Gasteiger partial charge in [-0.15, -0.1) is 0 Å². The molecule has 2 N–H and O–H groups in total. The van der Waals surface area contributed by atoms with E-state index >= 15 is 0 Å². The number of hydrogen-bond acceptors (Lipinski definition) is 2. The molecule has 2 aromatic rings. The topological polar surface area (TPSA) is 66.8 Å². The van der Waals surface area contributed by atoms with Crippen molar-refractivity contribution in [2.45, 2.75) is 24.9 Å². The van der Waals surface area contributed by atoms with Crippen LogP contribution in [0.25, 0.3) is 5.57 Å². The van der Waals surface area contributed by atoms with Crippen molar-refractivity contribution in [3.63, 3.8) is 0 Å².